The van der Waals surface area contributed by atoms with E-state index < -0.39 is 0 Å². The fraction of sp³-hybridized carbons (Fsp3) is 1.00. The van der Waals surface area contributed by atoms with Gasteiger partial charge < -0.3 is 9.47 Å². The summed E-state index contributed by atoms with van der Waals surface area (Å²) >= 11 is 0. The highest BCUT2D eigenvalue weighted by Crippen LogP contribution is 2.06. The molecule has 72 valence electrons. The maximum Gasteiger partial charge on any atom is 0.228 e. The van der Waals surface area contributed by atoms with Gasteiger partial charge in [-0.1, -0.05) is 6.42 Å². The molecule has 1 aliphatic heterocycles. The minimum atomic E-state index is -0.303. The summed E-state index contributed by atoms with van der Waals surface area (Å²) in [6.07, 6.45) is 3.55. The third-order valence-corrected chi connectivity index (χ3v) is 2.07. The molecule has 0 bridgehead atoms. The van der Waals surface area contributed by atoms with Gasteiger partial charge in [0.05, 0.1) is 0 Å². The highest BCUT2D eigenvalue weighted by atomic mass is 16.7. The molecule has 0 aromatic carbocycles. The van der Waals surface area contributed by atoms with Crippen molar-refractivity contribution in [3.8, 4) is 0 Å². The fourth-order valence-corrected chi connectivity index (χ4v) is 1.37. The maximum absolute atomic E-state index is 5.03. The SMILES string of the molecule is COC(NN1CCCCC1)OC. The number of ether oxygens (including phenoxy) is 2. The van der Waals surface area contributed by atoms with Crippen molar-refractivity contribution in [3.63, 3.8) is 0 Å². The smallest absolute Gasteiger partial charge is 0.228 e. The van der Waals surface area contributed by atoms with E-state index in [1.165, 1.54) is 19.3 Å². The average Bonchev–Trinajstić information content (AvgIpc) is 2.16. The van der Waals surface area contributed by atoms with Gasteiger partial charge in [0.1, 0.15) is 0 Å². The van der Waals surface area contributed by atoms with Gasteiger partial charge in [0.25, 0.3) is 0 Å². The summed E-state index contributed by atoms with van der Waals surface area (Å²) in [4.78, 5) is 0. The van der Waals surface area contributed by atoms with Crippen molar-refractivity contribution in [3.05, 3.63) is 0 Å². The number of hydrogen-bond donors (Lipinski definition) is 1. The van der Waals surface area contributed by atoms with Crippen molar-refractivity contribution in [1.82, 2.24) is 10.4 Å². The molecule has 1 aliphatic rings. The molecular weight excluding hydrogens is 156 g/mol. The molecule has 1 N–H and O–H groups in total. The van der Waals surface area contributed by atoms with Crippen molar-refractivity contribution in [2.45, 2.75) is 25.7 Å². The summed E-state index contributed by atoms with van der Waals surface area (Å²) in [5.74, 6) is 0. The number of hydrogen-bond acceptors (Lipinski definition) is 4. The molecular formula is C8H18N2O2. The van der Waals surface area contributed by atoms with Crippen LogP contribution in [0.1, 0.15) is 19.3 Å². The molecule has 1 saturated heterocycles. The largest absolute Gasteiger partial charge is 0.342 e. The zero-order valence-corrected chi connectivity index (χ0v) is 7.88. The lowest BCUT2D eigenvalue weighted by Gasteiger charge is -2.30. The molecule has 4 nitrogen and oxygen atoms in total. The Labute approximate surface area is 73.8 Å². The molecule has 0 aromatic rings. The average molecular weight is 174 g/mol. The third kappa shape index (κ3) is 3.06. The number of nitrogens with zero attached hydrogens (tertiary/aromatic N) is 1. The van der Waals surface area contributed by atoms with Crippen molar-refractivity contribution in [2.75, 3.05) is 27.3 Å². The van der Waals surface area contributed by atoms with Gasteiger partial charge in [-0.2, -0.15) is 0 Å². The first-order chi connectivity index (χ1) is 5.86. The third-order valence-electron chi connectivity index (χ3n) is 2.07. The highest BCUT2D eigenvalue weighted by Gasteiger charge is 2.13. The first-order valence-electron chi connectivity index (χ1n) is 4.43. The van der Waals surface area contributed by atoms with Gasteiger partial charge in [0.2, 0.25) is 6.41 Å². The predicted molar refractivity (Wildman–Crippen MR) is 46.4 cm³/mol. The standard InChI is InChI=1S/C8H18N2O2/c1-11-8(12-2)9-10-6-4-3-5-7-10/h8-9H,3-7H2,1-2H3. The van der Waals surface area contributed by atoms with Crippen LogP contribution in [0.15, 0.2) is 0 Å². The second kappa shape index (κ2) is 5.48. The van der Waals surface area contributed by atoms with Gasteiger partial charge in [-0.25, -0.2) is 10.4 Å². The number of rotatable bonds is 4. The first-order valence-corrected chi connectivity index (χ1v) is 4.43. The molecule has 0 aromatic heterocycles. The van der Waals surface area contributed by atoms with E-state index in [2.05, 4.69) is 10.4 Å². The summed E-state index contributed by atoms with van der Waals surface area (Å²) in [6.45, 7) is 2.17. The van der Waals surface area contributed by atoms with Crippen LogP contribution in [0.4, 0.5) is 0 Å². The molecule has 0 saturated carbocycles. The van der Waals surface area contributed by atoms with Crippen molar-refractivity contribution >= 4 is 0 Å². The van der Waals surface area contributed by atoms with Crippen LogP contribution in [0.3, 0.4) is 0 Å². The normalized spacial score (nSPS) is 20.2. The van der Waals surface area contributed by atoms with E-state index in [1.54, 1.807) is 14.2 Å². The Hall–Kier alpha value is -0.160. The molecule has 0 unspecified atom stereocenters. The van der Waals surface area contributed by atoms with Gasteiger partial charge in [0, 0.05) is 27.3 Å². The van der Waals surface area contributed by atoms with Crippen LogP contribution >= 0.6 is 0 Å². The second-order valence-corrected chi connectivity index (χ2v) is 2.98. The monoisotopic (exact) mass is 174 g/mol. The number of nitrogens with one attached hydrogen (secondary N) is 1. The number of piperidine rings is 1. The minimum absolute atomic E-state index is 0.303. The Morgan fingerprint density at radius 3 is 2.17 bits per heavy atom. The lowest BCUT2D eigenvalue weighted by molar-refractivity contribution is -0.160. The van der Waals surface area contributed by atoms with Crippen LogP contribution in [0.2, 0.25) is 0 Å². The van der Waals surface area contributed by atoms with E-state index in [4.69, 9.17) is 9.47 Å². The molecule has 12 heavy (non-hydrogen) atoms. The lowest BCUT2D eigenvalue weighted by atomic mass is 10.2. The van der Waals surface area contributed by atoms with Gasteiger partial charge in [-0.05, 0) is 12.8 Å². The van der Waals surface area contributed by atoms with Crippen molar-refractivity contribution in [1.29, 1.82) is 0 Å². The number of methoxy groups -OCH3 is 2. The molecule has 0 spiro atoms. The molecule has 1 rings (SSSR count). The van der Waals surface area contributed by atoms with Crippen LogP contribution in [-0.4, -0.2) is 38.7 Å². The second-order valence-electron chi connectivity index (χ2n) is 2.98. The van der Waals surface area contributed by atoms with E-state index in [1.807, 2.05) is 0 Å². The highest BCUT2D eigenvalue weighted by molar-refractivity contribution is 4.59. The number of hydrazine groups is 1. The molecule has 0 atom stereocenters. The van der Waals surface area contributed by atoms with Crippen LogP contribution in [0.25, 0.3) is 0 Å². The lowest BCUT2D eigenvalue weighted by Crippen LogP contribution is -2.48. The van der Waals surface area contributed by atoms with Gasteiger partial charge in [0.15, 0.2) is 0 Å². The summed E-state index contributed by atoms with van der Waals surface area (Å²) < 4.78 is 10.1. The molecule has 0 radical (unpaired) electrons. The fourth-order valence-electron chi connectivity index (χ4n) is 1.37. The van der Waals surface area contributed by atoms with E-state index in [9.17, 15) is 0 Å². The summed E-state index contributed by atoms with van der Waals surface area (Å²) in [5, 5.41) is 2.15. The minimum Gasteiger partial charge on any atom is -0.342 e. The maximum atomic E-state index is 5.03. The van der Waals surface area contributed by atoms with E-state index in [0.29, 0.717) is 0 Å². The summed E-state index contributed by atoms with van der Waals surface area (Å²) in [7, 11) is 3.26. The Kier molecular flexibility index (Phi) is 4.53. The van der Waals surface area contributed by atoms with Crippen LogP contribution in [-0.2, 0) is 9.47 Å². The zero-order valence-electron chi connectivity index (χ0n) is 7.88. The van der Waals surface area contributed by atoms with E-state index in [-0.39, 0.29) is 6.41 Å². The summed E-state index contributed by atoms with van der Waals surface area (Å²) in [5.41, 5.74) is 3.14. The molecule has 0 aliphatic carbocycles. The van der Waals surface area contributed by atoms with Crippen molar-refractivity contribution < 1.29 is 9.47 Å². The van der Waals surface area contributed by atoms with Crippen LogP contribution in [0.5, 0.6) is 0 Å². The Balaban J connectivity index is 2.18. The van der Waals surface area contributed by atoms with Gasteiger partial charge in [-0.15, -0.1) is 0 Å². The quantitative estimate of drug-likeness (QED) is 0.631. The Morgan fingerprint density at radius 2 is 1.67 bits per heavy atom. The van der Waals surface area contributed by atoms with Crippen molar-refractivity contribution in [2.24, 2.45) is 0 Å². The predicted octanol–water partition coefficient (Wildman–Crippen LogP) is 0.553. The van der Waals surface area contributed by atoms with E-state index >= 15 is 0 Å². The van der Waals surface area contributed by atoms with Crippen LogP contribution in [0, 0.1) is 0 Å². The topological polar surface area (TPSA) is 33.7 Å². The van der Waals surface area contributed by atoms with Gasteiger partial charge in [-0.3, -0.25) is 0 Å². The molecule has 4 heteroatoms. The molecule has 1 fully saturated rings. The molecule has 0 amide bonds. The van der Waals surface area contributed by atoms with E-state index in [0.717, 1.165) is 13.1 Å². The van der Waals surface area contributed by atoms with Gasteiger partial charge >= 0.3 is 0 Å². The Morgan fingerprint density at radius 1 is 1.08 bits per heavy atom. The summed E-state index contributed by atoms with van der Waals surface area (Å²) in [6, 6.07) is 0. The van der Waals surface area contributed by atoms with Crippen LogP contribution < -0.4 is 5.43 Å². The zero-order chi connectivity index (χ0) is 8.81. The first kappa shape index (κ1) is 9.92. The molecule has 1 heterocycles. The Bertz CT molecular complexity index is 112.